The van der Waals surface area contributed by atoms with Crippen LogP contribution in [0.4, 0.5) is 46.5 Å². The summed E-state index contributed by atoms with van der Waals surface area (Å²) in [6.07, 6.45) is 47.0. The third-order valence-corrected chi connectivity index (χ3v) is 15.4. The number of ether oxygens (including phenoxy) is 5. The molecule has 0 atom stereocenters. The van der Waals surface area contributed by atoms with Gasteiger partial charge in [-0.1, -0.05) is 75.7 Å². The predicted octanol–water partition coefficient (Wildman–Crippen LogP) is 12.9. The molecular formula is C81H117CoFeN25O5-2. The fourth-order valence-corrected chi connectivity index (χ4v) is 10.2. The molecule has 0 unspecified atom stereocenters. The van der Waals surface area contributed by atoms with Gasteiger partial charge in [0.25, 0.3) is 0 Å². The molecule has 0 bridgehead atoms. The van der Waals surface area contributed by atoms with Crippen LogP contribution in [0.3, 0.4) is 0 Å². The van der Waals surface area contributed by atoms with E-state index in [0.717, 1.165) is 86.9 Å². The van der Waals surface area contributed by atoms with Crippen LogP contribution in [0.5, 0.6) is 28.7 Å². The monoisotopic (exact) mass is 1630 g/mol. The molecule has 0 saturated carbocycles. The first-order chi connectivity index (χ1) is 52.5. The van der Waals surface area contributed by atoms with Gasteiger partial charge in [0.05, 0.1) is 49.6 Å². The average Bonchev–Trinajstić information content (AvgIpc) is 1.69. The number of hydrogen-bond acceptors (Lipinski definition) is 26. The molecule has 7 aromatic rings. The van der Waals surface area contributed by atoms with Crippen LogP contribution in [0.25, 0.3) is 11.6 Å². The number of pyridine rings is 5. The van der Waals surface area contributed by atoms with Crippen LogP contribution in [0.1, 0.15) is 75.7 Å². The van der Waals surface area contributed by atoms with Crippen molar-refractivity contribution in [1.82, 2.24) is 73.3 Å². The van der Waals surface area contributed by atoms with Gasteiger partial charge in [-0.2, -0.15) is 14.1 Å². The van der Waals surface area contributed by atoms with Crippen molar-refractivity contribution in [2.75, 3.05) is 131 Å². The molecule has 7 aromatic heterocycles. The second-order valence-electron chi connectivity index (χ2n) is 25.6. The van der Waals surface area contributed by atoms with Gasteiger partial charge in [0.15, 0.2) is 0 Å². The average molecular weight is 1640 g/mol. The van der Waals surface area contributed by atoms with Crippen molar-refractivity contribution < 1.29 is 66.7 Å². The molecule has 0 fully saturated rings. The van der Waals surface area contributed by atoms with E-state index in [9.17, 15) is 0 Å². The maximum Gasteiger partial charge on any atom is 4.00 e. The molecule has 32 heteroatoms. The first kappa shape index (κ1) is 94.3. The summed E-state index contributed by atoms with van der Waals surface area (Å²) < 4.78 is 34.7. The van der Waals surface area contributed by atoms with E-state index in [-0.39, 0.29) is 48.7 Å². The van der Waals surface area contributed by atoms with Crippen molar-refractivity contribution in [3.63, 3.8) is 0 Å². The van der Waals surface area contributed by atoms with Crippen LogP contribution in [0.2, 0.25) is 0 Å². The van der Waals surface area contributed by atoms with Gasteiger partial charge in [-0.3, -0.25) is 0 Å². The smallest absolute Gasteiger partial charge is 0.510 e. The predicted molar refractivity (Wildman–Crippen MR) is 446 cm³/mol. The van der Waals surface area contributed by atoms with E-state index in [1.54, 1.807) is 35.5 Å². The molecule has 615 valence electrons. The molecule has 15 heterocycles. The summed E-state index contributed by atoms with van der Waals surface area (Å²) in [7, 11) is 28.1. The minimum absolute atomic E-state index is 0. The molecule has 0 spiro atoms. The standard InChI is InChI=1S/5C14H17N5O.3C3H8.2CH4.Co.Fe/c5*1-16-4-6-18(10-16)13-8-12(20-3)9-14(15-13)19-7-5-17(2)11-19;3*1-3-2;;;;/h5*4-11H,1-3H3;3*3H2,1-2H3;2*1H4;;/q4*-2;+2;;;;;;;+4. The third-order valence-electron chi connectivity index (χ3n) is 15.4. The number of methoxy groups -OCH3 is 5. The summed E-state index contributed by atoms with van der Waals surface area (Å²) in [5.41, 5.74) is 0. The van der Waals surface area contributed by atoms with Crippen LogP contribution in [-0.4, -0.2) is 165 Å². The van der Waals surface area contributed by atoms with E-state index in [0.29, 0.717) is 0 Å². The van der Waals surface area contributed by atoms with Gasteiger partial charge in [0.2, 0.25) is 24.3 Å². The van der Waals surface area contributed by atoms with Gasteiger partial charge in [0.1, 0.15) is 100 Å². The number of aryl methyl sites for hydroxylation is 2. The Morgan fingerprint density at radius 2 is 0.416 bits per heavy atom. The van der Waals surface area contributed by atoms with E-state index < -0.39 is 0 Å². The Morgan fingerprint density at radius 3 is 0.531 bits per heavy atom. The molecule has 0 N–H and O–H groups in total. The van der Waals surface area contributed by atoms with Crippen LogP contribution in [0, 0.1) is 53.3 Å². The fourth-order valence-electron chi connectivity index (χ4n) is 10.2. The molecule has 8 aliphatic heterocycles. The summed E-state index contributed by atoms with van der Waals surface area (Å²) in [6.45, 7) is 28.4. The van der Waals surface area contributed by atoms with E-state index in [2.05, 4.69) is 66.5 Å². The van der Waals surface area contributed by atoms with Crippen molar-refractivity contribution in [1.29, 1.82) is 0 Å². The maximum absolute atomic E-state index is 5.37. The zero-order chi connectivity index (χ0) is 78.7. The molecule has 113 heavy (non-hydrogen) atoms. The number of nitrogens with zero attached hydrogens (tertiary/aromatic N) is 25. The fraction of sp³-hybridized carbons (Fsp3) is 0.321. The van der Waals surface area contributed by atoms with Gasteiger partial charge >= 0.3 is 17.1 Å². The normalized spacial score (nSPS) is 14.8. The van der Waals surface area contributed by atoms with Crippen molar-refractivity contribution in [3.05, 3.63) is 251 Å². The van der Waals surface area contributed by atoms with E-state index in [1.165, 1.54) is 19.3 Å². The second kappa shape index (κ2) is 46.7. The van der Waals surface area contributed by atoms with Gasteiger partial charge in [-0.25, -0.2) is 29.1 Å². The van der Waals surface area contributed by atoms with Crippen molar-refractivity contribution in [2.24, 2.45) is 14.1 Å². The summed E-state index contributed by atoms with van der Waals surface area (Å²) in [5.74, 6) is 12.0. The minimum atomic E-state index is 0. The molecule has 15 rings (SSSR count). The SMILES string of the molecule is C.C.CCC.CCC.CCC.COc1cc(-n2cc[n+](C)c2)nc(-n2cc[n+](C)c2)c1.COc1cc(N2C=CN(C)[CH-]2)nc(N2C=CN(C)[CH-]2)c1.COc1cc(N2C=CN(C)[CH-]2)nc(N2C=CN(C)[CH-]2)c1.COc1cc(N2C=CN(C)[CH-]2)nc(N2C=CN(C)[CH-]2)c1.COc1cc(N2C=CN(C)[CH-]2)nc(N2C=CN(C)[CH-]2)c1.[Co].[Fe+4]. The van der Waals surface area contributed by atoms with Crippen LogP contribution in [-0.2, 0) is 47.9 Å². The maximum atomic E-state index is 5.37. The Labute approximate surface area is 694 Å². The summed E-state index contributed by atoms with van der Waals surface area (Å²) in [4.78, 5) is 54.7. The topological polar surface area (TPSA) is 180 Å². The van der Waals surface area contributed by atoms with Crippen molar-refractivity contribution in [3.8, 4) is 40.4 Å². The zero-order valence-electron chi connectivity index (χ0n) is 67.6. The number of rotatable bonds is 15. The van der Waals surface area contributed by atoms with Crippen molar-refractivity contribution >= 4 is 46.5 Å². The Hall–Kier alpha value is -11.1. The quantitative estimate of drug-likeness (QED) is 0.0537. The summed E-state index contributed by atoms with van der Waals surface area (Å²) >= 11 is 0. The summed E-state index contributed by atoms with van der Waals surface area (Å²) in [6, 6.07) is 19.1. The molecule has 1 radical (unpaired) electrons. The minimum Gasteiger partial charge on any atom is -0.510 e. The number of hydrogen-bond donors (Lipinski definition) is 0. The van der Waals surface area contributed by atoms with Crippen molar-refractivity contribution in [2.45, 2.75) is 75.7 Å². The van der Waals surface area contributed by atoms with Gasteiger partial charge in [-0.05, 0) is 156 Å². The molecule has 8 aliphatic rings. The van der Waals surface area contributed by atoms with E-state index in [1.807, 2.05) is 418 Å². The Bertz CT molecular complexity index is 3630. The van der Waals surface area contributed by atoms with E-state index in [4.69, 9.17) is 23.7 Å². The Morgan fingerprint density at radius 1 is 0.274 bits per heavy atom. The molecule has 0 aromatic carbocycles. The van der Waals surface area contributed by atoms with Gasteiger partial charge in [0, 0.05) is 77.4 Å². The second-order valence-corrected chi connectivity index (χ2v) is 25.6. The number of imidazole rings is 2. The first-order valence-electron chi connectivity index (χ1n) is 35.7. The Kier molecular flexibility index (Phi) is 38.9. The molecule has 0 saturated heterocycles. The Balaban J connectivity index is 0.000000287. The van der Waals surface area contributed by atoms with Gasteiger partial charge < -0.3 is 102 Å². The first-order valence-corrected chi connectivity index (χ1v) is 35.7. The van der Waals surface area contributed by atoms with Gasteiger partial charge in [-0.15, -0.1) is 53.3 Å². The molecular weight excluding hydrogens is 1520 g/mol. The zero-order valence-corrected chi connectivity index (χ0v) is 69.8. The summed E-state index contributed by atoms with van der Waals surface area (Å²) in [5, 5.41) is 0. The molecule has 30 nitrogen and oxygen atoms in total. The number of anilines is 8. The van der Waals surface area contributed by atoms with Crippen LogP contribution in [0.15, 0.2) is 197 Å². The largest absolute Gasteiger partial charge is 4.00 e. The number of aromatic nitrogens is 9. The van der Waals surface area contributed by atoms with Crippen LogP contribution < -0.4 is 72.0 Å². The molecule has 0 aliphatic carbocycles. The van der Waals surface area contributed by atoms with E-state index >= 15 is 0 Å². The van der Waals surface area contributed by atoms with Crippen LogP contribution >= 0.6 is 0 Å². The third kappa shape index (κ3) is 27.7. The molecule has 0 amide bonds.